The zero-order valence-electron chi connectivity index (χ0n) is 11.0. The van der Waals surface area contributed by atoms with Gasteiger partial charge in [-0.15, -0.1) is 0 Å². The third kappa shape index (κ3) is 3.60. The van der Waals surface area contributed by atoms with E-state index in [0.29, 0.717) is 16.8 Å². The zero-order chi connectivity index (χ0) is 15.4. The molecular weight excluding hydrogens is 342 g/mol. The number of nitrogens with one attached hydrogen (secondary N) is 3. The largest absolute Gasteiger partial charge is 0.493 e. The van der Waals surface area contributed by atoms with Gasteiger partial charge in [-0.1, -0.05) is 15.9 Å². The molecule has 1 aromatic heterocycles. The van der Waals surface area contributed by atoms with Gasteiger partial charge in [0.2, 0.25) is 0 Å². The number of H-pyrrole nitrogens is 2. The molecule has 0 aliphatic rings. The Morgan fingerprint density at radius 2 is 2.14 bits per heavy atom. The quantitative estimate of drug-likeness (QED) is 0.774. The van der Waals surface area contributed by atoms with Gasteiger partial charge in [0.1, 0.15) is 11.4 Å². The Labute approximate surface area is 127 Å². The number of hydrogen-bond donors (Lipinski definition) is 3. The Hall–Kier alpha value is -2.35. The third-order valence-corrected chi connectivity index (χ3v) is 3.05. The molecule has 0 atom stereocenters. The lowest BCUT2D eigenvalue weighted by Crippen LogP contribution is -2.26. The Bertz CT molecular complexity index is 781. The van der Waals surface area contributed by atoms with E-state index in [9.17, 15) is 14.4 Å². The summed E-state index contributed by atoms with van der Waals surface area (Å²) in [5, 5.41) is 2.43. The lowest BCUT2D eigenvalue weighted by molar-refractivity contribution is 0.102. The Balaban J connectivity index is 2.33. The van der Waals surface area contributed by atoms with Crippen LogP contribution in [0.1, 0.15) is 17.3 Å². The highest BCUT2D eigenvalue weighted by molar-refractivity contribution is 9.10. The fraction of sp³-hybridized carbons (Fsp3) is 0.154. The highest BCUT2D eigenvalue weighted by Gasteiger charge is 2.15. The van der Waals surface area contributed by atoms with Crippen molar-refractivity contribution in [2.75, 3.05) is 11.9 Å². The number of aromatic amines is 2. The number of carbonyl (C=O) groups is 1. The van der Waals surface area contributed by atoms with E-state index in [1.807, 2.05) is 4.98 Å². The molecule has 0 radical (unpaired) electrons. The van der Waals surface area contributed by atoms with Crippen molar-refractivity contribution < 1.29 is 9.53 Å². The summed E-state index contributed by atoms with van der Waals surface area (Å²) in [6.45, 7) is 2.21. The minimum Gasteiger partial charge on any atom is -0.493 e. The van der Waals surface area contributed by atoms with Crippen LogP contribution in [0.5, 0.6) is 5.75 Å². The van der Waals surface area contributed by atoms with Crippen molar-refractivity contribution >= 4 is 27.5 Å². The van der Waals surface area contributed by atoms with Crippen molar-refractivity contribution in [3.63, 3.8) is 0 Å². The van der Waals surface area contributed by atoms with Gasteiger partial charge in [0.25, 0.3) is 11.5 Å². The number of ether oxygens (including phenoxy) is 1. The molecule has 0 aliphatic carbocycles. The molecule has 21 heavy (non-hydrogen) atoms. The summed E-state index contributed by atoms with van der Waals surface area (Å²) in [6.07, 6.45) is 1.14. The van der Waals surface area contributed by atoms with Gasteiger partial charge in [0.15, 0.2) is 0 Å². The van der Waals surface area contributed by atoms with Gasteiger partial charge < -0.3 is 15.0 Å². The number of benzene rings is 1. The smallest absolute Gasteiger partial charge is 0.325 e. The summed E-state index contributed by atoms with van der Waals surface area (Å²) in [5.41, 5.74) is -1.10. The summed E-state index contributed by atoms with van der Waals surface area (Å²) in [6, 6.07) is 4.98. The van der Waals surface area contributed by atoms with Crippen molar-refractivity contribution in [2.24, 2.45) is 0 Å². The first-order valence-corrected chi connectivity index (χ1v) is 6.86. The first kappa shape index (κ1) is 15.0. The molecule has 1 amide bonds. The molecule has 3 N–H and O–H groups in total. The molecule has 2 aromatic rings. The number of rotatable bonds is 4. The average molecular weight is 354 g/mol. The molecule has 7 nitrogen and oxygen atoms in total. The minimum atomic E-state index is -0.681. The van der Waals surface area contributed by atoms with E-state index in [1.165, 1.54) is 0 Å². The molecule has 110 valence electrons. The Kier molecular flexibility index (Phi) is 4.59. The highest BCUT2D eigenvalue weighted by atomic mass is 79.9. The van der Waals surface area contributed by atoms with Crippen LogP contribution in [0.3, 0.4) is 0 Å². The first-order valence-electron chi connectivity index (χ1n) is 6.07. The molecule has 0 bridgehead atoms. The molecule has 1 heterocycles. The fourth-order valence-corrected chi connectivity index (χ4v) is 2.01. The van der Waals surface area contributed by atoms with Crippen LogP contribution >= 0.6 is 15.9 Å². The van der Waals surface area contributed by atoms with E-state index in [4.69, 9.17) is 4.74 Å². The lowest BCUT2D eigenvalue weighted by Gasteiger charge is -2.10. The maximum absolute atomic E-state index is 12.2. The number of anilines is 1. The monoisotopic (exact) mass is 353 g/mol. The van der Waals surface area contributed by atoms with Crippen molar-refractivity contribution in [3.8, 4) is 5.75 Å². The lowest BCUT2D eigenvalue weighted by atomic mass is 10.2. The topological polar surface area (TPSA) is 104 Å². The minimum absolute atomic E-state index is 0.0537. The van der Waals surface area contributed by atoms with Crippen molar-refractivity contribution in [1.29, 1.82) is 0 Å². The molecule has 0 saturated heterocycles. The van der Waals surface area contributed by atoms with E-state index in [0.717, 1.165) is 6.20 Å². The van der Waals surface area contributed by atoms with Crippen LogP contribution in [0.2, 0.25) is 0 Å². The fourth-order valence-electron chi connectivity index (χ4n) is 1.65. The molecule has 0 unspecified atom stereocenters. The summed E-state index contributed by atoms with van der Waals surface area (Å²) < 4.78 is 6.08. The second kappa shape index (κ2) is 6.40. The van der Waals surface area contributed by atoms with Crippen LogP contribution in [-0.4, -0.2) is 22.5 Å². The summed E-state index contributed by atoms with van der Waals surface area (Å²) in [7, 11) is 0. The molecule has 8 heteroatoms. The predicted octanol–water partition coefficient (Wildman–Crippen LogP) is 1.48. The van der Waals surface area contributed by atoms with E-state index >= 15 is 0 Å². The third-order valence-electron chi connectivity index (χ3n) is 2.55. The standard InChI is InChI=1S/C13H12BrN3O4/c1-2-21-10-4-3-7(14)5-8(10)11(18)16-9-6-15-13(20)17-12(9)19/h3-6H,2H2,1H3,(H,16,18)(H2,15,17,19,20). The molecule has 2 rings (SSSR count). The molecule has 0 saturated carbocycles. The Morgan fingerprint density at radius 3 is 2.81 bits per heavy atom. The highest BCUT2D eigenvalue weighted by Crippen LogP contribution is 2.24. The second-order valence-electron chi connectivity index (χ2n) is 4.01. The average Bonchev–Trinajstić information content (AvgIpc) is 2.44. The summed E-state index contributed by atoms with van der Waals surface area (Å²) in [4.78, 5) is 39.0. The normalized spacial score (nSPS) is 10.2. The maximum atomic E-state index is 12.2. The van der Waals surface area contributed by atoms with Gasteiger partial charge in [0, 0.05) is 10.7 Å². The van der Waals surface area contributed by atoms with E-state index in [2.05, 4.69) is 26.2 Å². The first-order chi connectivity index (χ1) is 10.0. The van der Waals surface area contributed by atoms with Crippen LogP contribution in [0.25, 0.3) is 0 Å². The van der Waals surface area contributed by atoms with Gasteiger partial charge >= 0.3 is 5.69 Å². The molecular formula is C13H12BrN3O4. The number of hydrogen-bond acceptors (Lipinski definition) is 4. The summed E-state index contributed by atoms with van der Waals surface area (Å²) in [5.74, 6) is -0.114. The van der Waals surface area contributed by atoms with Crippen molar-refractivity contribution in [3.05, 3.63) is 55.3 Å². The van der Waals surface area contributed by atoms with Crippen LogP contribution in [0.15, 0.2) is 38.5 Å². The predicted molar refractivity (Wildman–Crippen MR) is 80.9 cm³/mol. The van der Waals surface area contributed by atoms with E-state index in [1.54, 1.807) is 25.1 Å². The Morgan fingerprint density at radius 1 is 1.38 bits per heavy atom. The van der Waals surface area contributed by atoms with Crippen LogP contribution in [0.4, 0.5) is 5.69 Å². The van der Waals surface area contributed by atoms with E-state index < -0.39 is 17.2 Å². The van der Waals surface area contributed by atoms with Gasteiger partial charge in [-0.25, -0.2) is 4.79 Å². The van der Waals surface area contributed by atoms with E-state index in [-0.39, 0.29) is 11.3 Å². The van der Waals surface area contributed by atoms with Gasteiger partial charge in [-0.3, -0.25) is 14.6 Å². The summed E-state index contributed by atoms with van der Waals surface area (Å²) >= 11 is 3.27. The van der Waals surface area contributed by atoms with Gasteiger partial charge in [0.05, 0.1) is 12.2 Å². The number of carbonyl (C=O) groups excluding carboxylic acids is 1. The second-order valence-corrected chi connectivity index (χ2v) is 4.93. The van der Waals surface area contributed by atoms with Crippen LogP contribution in [0, 0.1) is 0 Å². The van der Waals surface area contributed by atoms with Gasteiger partial charge in [-0.05, 0) is 25.1 Å². The molecule has 1 aromatic carbocycles. The van der Waals surface area contributed by atoms with Crippen molar-refractivity contribution in [2.45, 2.75) is 6.92 Å². The molecule has 0 aliphatic heterocycles. The SMILES string of the molecule is CCOc1ccc(Br)cc1C(=O)Nc1c[nH]c(=O)[nH]c1=O. The zero-order valence-corrected chi connectivity index (χ0v) is 12.6. The number of amides is 1. The number of halogens is 1. The molecule has 0 fully saturated rings. The maximum Gasteiger partial charge on any atom is 0.325 e. The molecule has 0 spiro atoms. The number of aromatic nitrogens is 2. The van der Waals surface area contributed by atoms with Crippen molar-refractivity contribution in [1.82, 2.24) is 9.97 Å². The van der Waals surface area contributed by atoms with Crippen LogP contribution in [-0.2, 0) is 0 Å². The van der Waals surface area contributed by atoms with Gasteiger partial charge in [-0.2, -0.15) is 0 Å². The van der Waals surface area contributed by atoms with Crippen LogP contribution < -0.4 is 21.3 Å².